The van der Waals surface area contributed by atoms with Crippen molar-refractivity contribution in [2.75, 3.05) is 40.5 Å². The smallest absolute Gasteiger partial charge is 0.225 e. The fraction of sp³-hybridized carbons (Fsp3) is 0.619. The van der Waals surface area contributed by atoms with E-state index in [1.807, 2.05) is 32.0 Å². The van der Waals surface area contributed by atoms with Crippen LogP contribution in [0.3, 0.4) is 0 Å². The third kappa shape index (κ3) is 6.41. The number of rotatable bonds is 11. The molecule has 1 aromatic carbocycles. The topological polar surface area (TPSA) is 77.1 Å². The fourth-order valence-corrected chi connectivity index (χ4v) is 3.21. The molecule has 0 saturated carbocycles. The Labute approximate surface area is 167 Å². The Balaban J connectivity index is 1.77. The van der Waals surface area contributed by atoms with Crippen molar-refractivity contribution in [1.29, 1.82) is 0 Å². The van der Waals surface area contributed by atoms with Crippen molar-refractivity contribution < 1.29 is 23.8 Å². The van der Waals surface area contributed by atoms with Gasteiger partial charge in [-0.05, 0) is 44.4 Å². The highest BCUT2D eigenvalue weighted by atomic mass is 16.5. The Morgan fingerprint density at radius 2 is 2.00 bits per heavy atom. The molecular formula is C21H32N2O5. The number of methoxy groups -OCH3 is 2. The molecule has 1 aromatic rings. The molecule has 7 nitrogen and oxygen atoms in total. The molecule has 2 rings (SSSR count). The highest BCUT2D eigenvalue weighted by Gasteiger charge is 2.33. The minimum Gasteiger partial charge on any atom is -0.493 e. The van der Waals surface area contributed by atoms with E-state index in [2.05, 4.69) is 5.32 Å². The molecule has 1 fully saturated rings. The molecular weight excluding hydrogens is 360 g/mol. The number of ether oxygens (including phenoxy) is 3. The summed E-state index contributed by atoms with van der Waals surface area (Å²) in [6.45, 7) is 6.22. The summed E-state index contributed by atoms with van der Waals surface area (Å²) in [4.78, 5) is 26.3. The molecule has 1 unspecified atom stereocenters. The van der Waals surface area contributed by atoms with E-state index in [0.717, 1.165) is 12.0 Å². The molecule has 0 aromatic heterocycles. The maximum absolute atomic E-state index is 12.3. The van der Waals surface area contributed by atoms with Crippen LogP contribution in [0.15, 0.2) is 18.2 Å². The lowest BCUT2D eigenvalue weighted by molar-refractivity contribution is -0.129. The molecule has 1 heterocycles. The van der Waals surface area contributed by atoms with Gasteiger partial charge in [-0.1, -0.05) is 6.07 Å². The van der Waals surface area contributed by atoms with Crippen LogP contribution in [0.1, 0.15) is 32.3 Å². The van der Waals surface area contributed by atoms with Gasteiger partial charge in [0, 0.05) is 32.7 Å². The molecule has 0 spiro atoms. The van der Waals surface area contributed by atoms with E-state index in [4.69, 9.17) is 14.2 Å². The number of benzene rings is 1. The predicted molar refractivity (Wildman–Crippen MR) is 107 cm³/mol. The Bertz CT molecular complexity index is 662. The number of amides is 2. The van der Waals surface area contributed by atoms with E-state index in [1.165, 1.54) is 0 Å². The van der Waals surface area contributed by atoms with Crippen LogP contribution in [-0.2, 0) is 20.7 Å². The van der Waals surface area contributed by atoms with Crippen molar-refractivity contribution in [3.63, 3.8) is 0 Å². The first kappa shape index (κ1) is 22.0. The van der Waals surface area contributed by atoms with E-state index in [1.54, 1.807) is 19.1 Å². The van der Waals surface area contributed by atoms with Crippen molar-refractivity contribution in [3.05, 3.63) is 23.8 Å². The Morgan fingerprint density at radius 3 is 2.68 bits per heavy atom. The zero-order valence-corrected chi connectivity index (χ0v) is 17.3. The van der Waals surface area contributed by atoms with Crippen molar-refractivity contribution in [1.82, 2.24) is 10.2 Å². The summed E-state index contributed by atoms with van der Waals surface area (Å²) in [5.74, 6) is 1.06. The SMILES string of the molecule is COc1ccc(CCN2CC(C(=O)NCCCOC(C)C)CC2=O)cc1OC. The number of nitrogens with one attached hydrogen (secondary N) is 1. The highest BCUT2D eigenvalue weighted by molar-refractivity contribution is 5.89. The summed E-state index contributed by atoms with van der Waals surface area (Å²) in [5.41, 5.74) is 1.06. The lowest BCUT2D eigenvalue weighted by Gasteiger charge is -2.17. The first-order valence-corrected chi connectivity index (χ1v) is 9.82. The van der Waals surface area contributed by atoms with Crippen molar-refractivity contribution in [2.45, 2.75) is 39.2 Å². The fourth-order valence-electron chi connectivity index (χ4n) is 3.21. The summed E-state index contributed by atoms with van der Waals surface area (Å²) in [5, 5.41) is 2.91. The van der Waals surface area contributed by atoms with E-state index in [0.29, 0.717) is 44.2 Å². The average molecular weight is 392 g/mol. The van der Waals surface area contributed by atoms with Crippen LogP contribution in [0.5, 0.6) is 11.5 Å². The molecule has 1 aliphatic rings. The van der Waals surface area contributed by atoms with E-state index in [9.17, 15) is 9.59 Å². The standard InChI is InChI=1S/C21H32N2O5/c1-15(2)28-11-5-9-22-21(25)17-13-20(24)23(14-17)10-8-16-6-7-18(26-3)19(12-16)27-4/h6-7,12,15,17H,5,8-11,13-14H2,1-4H3,(H,22,25). The molecule has 1 atom stereocenters. The summed E-state index contributed by atoms with van der Waals surface area (Å²) >= 11 is 0. The Kier molecular flexibility index (Phi) is 8.57. The van der Waals surface area contributed by atoms with Crippen LogP contribution in [0.25, 0.3) is 0 Å². The molecule has 7 heteroatoms. The maximum Gasteiger partial charge on any atom is 0.225 e. The van der Waals surface area contributed by atoms with Gasteiger partial charge in [-0.15, -0.1) is 0 Å². The molecule has 0 aliphatic carbocycles. The lowest BCUT2D eigenvalue weighted by Crippen LogP contribution is -2.34. The van der Waals surface area contributed by atoms with Crippen LogP contribution in [0, 0.1) is 5.92 Å². The summed E-state index contributed by atoms with van der Waals surface area (Å²) in [6, 6.07) is 5.74. The van der Waals surface area contributed by atoms with Gasteiger partial charge >= 0.3 is 0 Å². The van der Waals surface area contributed by atoms with Crippen LogP contribution < -0.4 is 14.8 Å². The third-order valence-electron chi connectivity index (χ3n) is 4.78. The molecule has 1 saturated heterocycles. The largest absolute Gasteiger partial charge is 0.493 e. The zero-order valence-electron chi connectivity index (χ0n) is 17.3. The second-order valence-electron chi connectivity index (χ2n) is 7.24. The molecule has 0 bridgehead atoms. The number of likely N-dealkylation sites (tertiary alicyclic amines) is 1. The summed E-state index contributed by atoms with van der Waals surface area (Å²) in [7, 11) is 3.20. The van der Waals surface area contributed by atoms with E-state index >= 15 is 0 Å². The summed E-state index contributed by atoms with van der Waals surface area (Å²) in [6.07, 6.45) is 1.95. The summed E-state index contributed by atoms with van der Waals surface area (Å²) < 4.78 is 16.0. The molecule has 2 amide bonds. The third-order valence-corrected chi connectivity index (χ3v) is 4.78. The second-order valence-corrected chi connectivity index (χ2v) is 7.24. The highest BCUT2D eigenvalue weighted by Crippen LogP contribution is 2.28. The van der Waals surface area contributed by atoms with Gasteiger partial charge in [0.1, 0.15) is 0 Å². The number of hydrogen-bond acceptors (Lipinski definition) is 5. The van der Waals surface area contributed by atoms with Crippen LogP contribution >= 0.6 is 0 Å². The monoisotopic (exact) mass is 392 g/mol. The van der Waals surface area contributed by atoms with Gasteiger partial charge in [-0.25, -0.2) is 0 Å². The molecule has 1 aliphatic heterocycles. The zero-order chi connectivity index (χ0) is 20.5. The lowest BCUT2D eigenvalue weighted by atomic mass is 10.1. The first-order chi connectivity index (χ1) is 13.4. The Morgan fingerprint density at radius 1 is 1.25 bits per heavy atom. The predicted octanol–water partition coefficient (Wildman–Crippen LogP) is 2.03. The maximum atomic E-state index is 12.3. The quantitative estimate of drug-likeness (QED) is 0.583. The van der Waals surface area contributed by atoms with Crippen LogP contribution in [-0.4, -0.2) is 63.3 Å². The van der Waals surface area contributed by atoms with Gasteiger partial charge in [0.25, 0.3) is 0 Å². The molecule has 28 heavy (non-hydrogen) atoms. The van der Waals surface area contributed by atoms with Gasteiger partial charge in [0.2, 0.25) is 11.8 Å². The van der Waals surface area contributed by atoms with Crippen LogP contribution in [0.2, 0.25) is 0 Å². The molecule has 1 N–H and O–H groups in total. The second kappa shape index (κ2) is 10.9. The minimum absolute atomic E-state index is 0.0313. The van der Waals surface area contributed by atoms with Crippen LogP contribution in [0.4, 0.5) is 0 Å². The van der Waals surface area contributed by atoms with E-state index in [-0.39, 0.29) is 30.3 Å². The number of hydrogen-bond donors (Lipinski definition) is 1. The van der Waals surface area contributed by atoms with Gasteiger partial charge in [0.05, 0.1) is 26.2 Å². The normalized spacial score (nSPS) is 16.5. The number of carbonyl (C=O) groups is 2. The number of carbonyl (C=O) groups excluding carboxylic acids is 2. The van der Waals surface area contributed by atoms with Crippen molar-refractivity contribution >= 4 is 11.8 Å². The number of nitrogens with zero attached hydrogens (tertiary/aromatic N) is 1. The first-order valence-electron chi connectivity index (χ1n) is 9.82. The van der Waals surface area contributed by atoms with E-state index < -0.39 is 0 Å². The van der Waals surface area contributed by atoms with Crippen molar-refractivity contribution in [3.8, 4) is 11.5 Å². The minimum atomic E-state index is -0.274. The van der Waals surface area contributed by atoms with Gasteiger partial charge in [0.15, 0.2) is 11.5 Å². The average Bonchev–Trinajstić information content (AvgIpc) is 3.06. The van der Waals surface area contributed by atoms with Gasteiger partial charge in [-0.2, -0.15) is 0 Å². The van der Waals surface area contributed by atoms with Gasteiger partial charge < -0.3 is 24.4 Å². The Hall–Kier alpha value is -2.28. The van der Waals surface area contributed by atoms with Crippen molar-refractivity contribution in [2.24, 2.45) is 5.92 Å². The molecule has 156 valence electrons. The molecule has 0 radical (unpaired) electrons. The van der Waals surface area contributed by atoms with Gasteiger partial charge in [-0.3, -0.25) is 9.59 Å².